The third-order valence-electron chi connectivity index (χ3n) is 3.21. The van der Waals surface area contributed by atoms with Gasteiger partial charge in [0.25, 0.3) is 0 Å². The Morgan fingerprint density at radius 3 is 2.65 bits per heavy atom. The molecule has 1 aromatic heterocycles. The minimum absolute atomic E-state index is 0.497. The van der Waals surface area contributed by atoms with Crippen molar-refractivity contribution in [3.05, 3.63) is 24.3 Å². The second-order valence-electron chi connectivity index (χ2n) is 4.81. The Balaban J connectivity index is 1.68. The van der Waals surface area contributed by atoms with Crippen LogP contribution in [-0.4, -0.2) is 40.5 Å². The first-order valence-corrected chi connectivity index (χ1v) is 6.56. The topological polar surface area (TPSA) is 41.0 Å². The third kappa shape index (κ3) is 4.40. The third-order valence-corrected chi connectivity index (χ3v) is 3.21. The maximum Gasteiger partial charge on any atom is 0.141 e. The fourth-order valence-electron chi connectivity index (χ4n) is 2.28. The predicted octanol–water partition coefficient (Wildman–Crippen LogP) is 1.44. The minimum Gasteiger partial charge on any atom is -0.306 e. The maximum atomic E-state index is 4.21. The van der Waals surface area contributed by atoms with Gasteiger partial charge in [0.05, 0.1) is 6.54 Å². The summed E-state index contributed by atoms with van der Waals surface area (Å²) >= 11 is 0. The molecule has 1 unspecified atom stereocenters. The van der Waals surface area contributed by atoms with E-state index in [4.69, 9.17) is 0 Å². The lowest BCUT2D eigenvalue weighted by atomic mass is 10.1. The van der Waals surface area contributed by atoms with E-state index in [0.29, 0.717) is 6.04 Å². The number of rotatable bonds is 5. The molecule has 1 saturated heterocycles. The molecule has 2 rings (SSSR count). The zero-order valence-corrected chi connectivity index (χ0v) is 10.6. The zero-order chi connectivity index (χ0) is 11.9. The number of nitrogens with one attached hydrogen (secondary N) is 1. The van der Waals surface area contributed by atoms with Crippen molar-refractivity contribution in [3.8, 4) is 0 Å². The van der Waals surface area contributed by atoms with Crippen molar-refractivity contribution in [3.63, 3.8) is 0 Å². The van der Waals surface area contributed by atoms with Crippen molar-refractivity contribution in [1.29, 1.82) is 0 Å². The van der Waals surface area contributed by atoms with Gasteiger partial charge in [0.15, 0.2) is 0 Å². The van der Waals surface area contributed by atoms with E-state index in [-0.39, 0.29) is 0 Å². The number of nitrogens with zero attached hydrogens (tertiary/aromatic N) is 3. The summed E-state index contributed by atoms with van der Waals surface area (Å²) in [5.74, 6) is 0.873. The molecule has 0 spiro atoms. The summed E-state index contributed by atoms with van der Waals surface area (Å²) < 4.78 is 0. The Labute approximate surface area is 103 Å². The zero-order valence-electron chi connectivity index (χ0n) is 10.6. The van der Waals surface area contributed by atoms with Crippen molar-refractivity contribution >= 4 is 0 Å². The highest BCUT2D eigenvalue weighted by Crippen LogP contribution is 2.08. The van der Waals surface area contributed by atoms with Crippen molar-refractivity contribution in [2.45, 2.75) is 38.8 Å². The van der Waals surface area contributed by atoms with Crippen molar-refractivity contribution in [2.75, 3.05) is 19.6 Å². The van der Waals surface area contributed by atoms with Gasteiger partial charge in [-0.15, -0.1) is 0 Å². The predicted molar refractivity (Wildman–Crippen MR) is 68.6 cm³/mol. The van der Waals surface area contributed by atoms with Crippen LogP contribution < -0.4 is 5.32 Å². The average Bonchev–Trinajstić information content (AvgIpc) is 2.39. The van der Waals surface area contributed by atoms with Gasteiger partial charge in [0.2, 0.25) is 0 Å². The van der Waals surface area contributed by atoms with E-state index in [2.05, 4.69) is 27.1 Å². The van der Waals surface area contributed by atoms with E-state index in [1.165, 1.54) is 32.4 Å². The standard InChI is InChI=1S/C13H22N4/c1-12(11-17-8-3-2-4-9-17)16-10-13-14-6-5-7-15-13/h5-7,12,16H,2-4,8-11H2,1H3. The van der Waals surface area contributed by atoms with Crippen LogP contribution in [0.1, 0.15) is 32.0 Å². The highest BCUT2D eigenvalue weighted by molar-refractivity contribution is 4.88. The van der Waals surface area contributed by atoms with Gasteiger partial charge >= 0.3 is 0 Å². The molecule has 4 nitrogen and oxygen atoms in total. The van der Waals surface area contributed by atoms with Gasteiger partial charge in [-0.2, -0.15) is 0 Å². The summed E-state index contributed by atoms with van der Waals surface area (Å²) in [5.41, 5.74) is 0. The van der Waals surface area contributed by atoms with Gasteiger partial charge in [-0.3, -0.25) is 0 Å². The van der Waals surface area contributed by atoms with Crippen LogP contribution in [0.4, 0.5) is 0 Å². The summed E-state index contributed by atoms with van der Waals surface area (Å²) in [7, 11) is 0. The van der Waals surface area contributed by atoms with E-state index in [0.717, 1.165) is 18.9 Å². The summed E-state index contributed by atoms with van der Waals surface area (Å²) in [6.07, 6.45) is 7.69. The molecule has 0 saturated carbocycles. The lowest BCUT2D eigenvalue weighted by Gasteiger charge is -2.29. The lowest BCUT2D eigenvalue weighted by Crippen LogP contribution is -2.41. The quantitative estimate of drug-likeness (QED) is 0.837. The number of likely N-dealkylation sites (tertiary alicyclic amines) is 1. The summed E-state index contributed by atoms with van der Waals surface area (Å²) in [6, 6.07) is 2.35. The number of hydrogen-bond acceptors (Lipinski definition) is 4. The summed E-state index contributed by atoms with van der Waals surface area (Å²) in [4.78, 5) is 11.0. The molecule has 1 fully saturated rings. The van der Waals surface area contributed by atoms with Crippen LogP contribution in [0.3, 0.4) is 0 Å². The first-order chi connectivity index (χ1) is 8.34. The molecule has 0 bridgehead atoms. The van der Waals surface area contributed by atoms with Gasteiger partial charge in [-0.1, -0.05) is 6.42 Å². The molecule has 0 aromatic carbocycles. The second-order valence-corrected chi connectivity index (χ2v) is 4.81. The van der Waals surface area contributed by atoms with Gasteiger partial charge in [0.1, 0.15) is 5.82 Å². The van der Waals surface area contributed by atoms with E-state index >= 15 is 0 Å². The van der Waals surface area contributed by atoms with Crippen LogP contribution in [0.2, 0.25) is 0 Å². The number of piperidine rings is 1. The summed E-state index contributed by atoms with van der Waals surface area (Å²) in [6.45, 7) is 6.64. The Morgan fingerprint density at radius 2 is 1.94 bits per heavy atom. The number of aromatic nitrogens is 2. The minimum atomic E-state index is 0.497. The molecule has 1 aliphatic heterocycles. The molecule has 94 valence electrons. The van der Waals surface area contributed by atoms with Crippen LogP contribution in [0.25, 0.3) is 0 Å². The Morgan fingerprint density at radius 1 is 1.24 bits per heavy atom. The molecule has 4 heteroatoms. The fraction of sp³-hybridized carbons (Fsp3) is 0.692. The Kier molecular flexibility index (Phi) is 4.88. The molecule has 2 heterocycles. The Hall–Kier alpha value is -1.00. The molecule has 0 amide bonds. The maximum absolute atomic E-state index is 4.21. The summed E-state index contributed by atoms with van der Waals surface area (Å²) in [5, 5.41) is 3.48. The van der Waals surface area contributed by atoms with E-state index in [1.807, 2.05) is 6.07 Å². The molecular weight excluding hydrogens is 212 g/mol. The van der Waals surface area contributed by atoms with Crippen LogP contribution in [0, 0.1) is 0 Å². The smallest absolute Gasteiger partial charge is 0.141 e. The van der Waals surface area contributed by atoms with Crippen LogP contribution in [-0.2, 0) is 6.54 Å². The first-order valence-electron chi connectivity index (χ1n) is 6.56. The first kappa shape index (κ1) is 12.5. The van der Waals surface area contributed by atoms with E-state index in [1.54, 1.807) is 12.4 Å². The molecule has 1 N–H and O–H groups in total. The molecular formula is C13H22N4. The normalized spacial score (nSPS) is 19.1. The molecule has 0 radical (unpaired) electrons. The van der Waals surface area contributed by atoms with Crippen molar-refractivity contribution < 1.29 is 0 Å². The van der Waals surface area contributed by atoms with E-state index in [9.17, 15) is 0 Å². The van der Waals surface area contributed by atoms with E-state index < -0.39 is 0 Å². The second kappa shape index (κ2) is 6.67. The highest BCUT2D eigenvalue weighted by Gasteiger charge is 2.12. The Bertz CT molecular complexity index is 308. The van der Waals surface area contributed by atoms with Crippen LogP contribution in [0.5, 0.6) is 0 Å². The molecule has 1 aromatic rings. The largest absolute Gasteiger partial charge is 0.306 e. The molecule has 1 aliphatic rings. The number of hydrogen-bond donors (Lipinski definition) is 1. The molecule has 17 heavy (non-hydrogen) atoms. The van der Waals surface area contributed by atoms with Gasteiger partial charge in [0, 0.05) is 25.0 Å². The van der Waals surface area contributed by atoms with Gasteiger partial charge in [-0.25, -0.2) is 9.97 Å². The molecule has 0 aliphatic carbocycles. The fourth-order valence-corrected chi connectivity index (χ4v) is 2.28. The van der Waals surface area contributed by atoms with Gasteiger partial charge < -0.3 is 10.2 Å². The van der Waals surface area contributed by atoms with Crippen molar-refractivity contribution in [1.82, 2.24) is 20.2 Å². The average molecular weight is 234 g/mol. The SMILES string of the molecule is CC(CN1CCCCC1)NCc1ncccn1. The highest BCUT2D eigenvalue weighted by atomic mass is 15.2. The van der Waals surface area contributed by atoms with Gasteiger partial charge in [-0.05, 0) is 38.9 Å². The van der Waals surface area contributed by atoms with Crippen LogP contribution in [0.15, 0.2) is 18.5 Å². The monoisotopic (exact) mass is 234 g/mol. The molecule has 1 atom stereocenters. The lowest BCUT2D eigenvalue weighted by molar-refractivity contribution is 0.208. The van der Waals surface area contributed by atoms with Crippen molar-refractivity contribution in [2.24, 2.45) is 0 Å². The van der Waals surface area contributed by atoms with Crippen LogP contribution >= 0.6 is 0 Å².